The number of carbonyl (C=O) groups excluding carboxylic acids is 1. The average molecular weight is 306 g/mol. The smallest absolute Gasteiger partial charge is 0.241 e. The molecule has 1 fully saturated rings. The molecule has 1 heterocycles. The second-order valence-electron chi connectivity index (χ2n) is 6.47. The van der Waals surface area contributed by atoms with E-state index in [1.54, 1.807) is 12.0 Å². The normalized spacial score (nSPS) is 22.6. The molecule has 7 heteroatoms. The lowest BCUT2D eigenvalue weighted by atomic mass is 9.86. The van der Waals surface area contributed by atoms with Crippen LogP contribution in [0.25, 0.3) is 0 Å². The third-order valence-corrected chi connectivity index (χ3v) is 4.13. The number of methoxy groups -OCH3 is 1. The Kier molecular flexibility index (Phi) is 5.57. The fourth-order valence-corrected chi connectivity index (χ4v) is 3.21. The van der Waals surface area contributed by atoms with Crippen molar-refractivity contribution in [2.24, 2.45) is 5.41 Å². The van der Waals surface area contributed by atoms with Gasteiger partial charge in [0.15, 0.2) is 0 Å². The Labute approximate surface area is 121 Å². The third kappa shape index (κ3) is 5.03. The van der Waals surface area contributed by atoms with E-state index in [9.17, 15) is 13.2 Å². The summed E-state index contributed by atoms with van der Waals surface area (Å²) in [6.07, 6.45) is 2.92. The number of sulfonamides is 1. The molecule has 0 bridgehead atoms. The first-order chi connectivity index (χ1) is 9.04. The fraction of sp³-hybridized carbons (Fsp3) is 0.923. The van der Waals surface area contributed by atoms with Gasteiger partial charge in [-0.05, 0) is 18.3 Å². The number of nitrogens with zero attached hydrogens (tertiary/aromatic N) is 1. The van der Waals surface area contributed by atoms with E-state index in [-0.39, 0.29) is 12.0 Å². The minimum atomic E-state index is -3.44. The van der Waals surface area contributed by atoms with Gasteiger partial charge < -0.3 is 9.64 Å². The maximum atomic E-state index is 12.6. The van der Waals surface area contributed by atoms with Gasteiger partial charge in [-0.25, -0.2) is 13.1 Å². The Bertz CT molecular complexity index is 442. The SMILES string of the molecule is CO[C@H]1CCCN(C(=O)[C@H](NS(C)(=O)=O)C(C)(C)C)C1. The zero-order chi connectivity index (χ0) is 15.6. The van der Waals surface area contributed by atoms with Gasteiger partial charge in [-0.15, -0.1) is 0 Å². The summed E-state index contributed by atoms with van der Waals surface area (Å²) in [7, 11) is -1.80. The lowest BCUT2D eigenvalue weighted by molar-refractivity contribution is -0.139. The largest absolute Gasteiger partial charge is 0.380 e. The van der Waals surface area contributed by atoms with E-state index in [1.165, 1.54) is 0 Å². The number of ether oxygens (including phenoxy) is 1. The van der Waals surface area contributed by atoms with Crippen molar-refractivity contribution in [1.82, 2.24) is 9.62 Å². The second kappa shape index (κ2) is 6.41. The molecule has 0 spiro atoms. The van der Waals surface area contributed by atoms with Gasteiger partial charge in [0.25, 0.3) is 0 Å². The minimum absolute atomic E-state index is 0.0338. The summed E-state index contributed by atoms with van der Waals surface area (Å²) in [6, 6.07) is -0.756. The van der Waals surface area contributed by atoms with E-state index >= 15 is 0 Å². The van der Waals surface area contributed by atoms with Crippen LogP contribution in [0.5, 0.6) is 0 Å². The molecule has 0 unspecified atom stereocenters. The number of likely N-dealkylation sites (tertiary alicyclic amines) is 1. The Morgan fingerprint density at radius 1 is 1.40 bits per heavy atom. The van der Waals surface area contributed by atoms with Crippen LogP contribution in [0.3, 0.4) is 0 Å². The average Bonchev–Trinajstić information content (AvgIpc) is 2.33. The first kappa shape index (κ1) is 17.4. The Morgan fingerprint density at radius 3 is 2.45 bits per heavy atom. The highest BCUT2D eigenvalue weighted by molar-refractivity contribution is 7.88. The summed E-state index contributed by atoms with van der Waals surface area (Å²) < 4.78 is 30.8. The number of piperidine rings is 1. The molecule has 0 aromatic carbocycles. The van der Waals surface area contributed by atoms with Crippen LogP contribution in [-0.4, -0.2) is 57.8 Å². The van der Waals surface area contributed by atoms with E-state index in [1.807, 2.05) is 20.8 Å². The third-order valence-electron chi connectivity index (χ3n) is 3.47. The predicted octanol–water partition coefficient (Wildman–Crippen LogP) is 0.588. The molecule has 1 saturated heterocycles. The van der Waals surface area contributed by atoms with Crippen molar-refractivity contribution in [3.63, 3.8) is 0 Å². The first-order valence-electron chi connectivity index (χ1n) is 6.83. The number of carbonyl (C=O) groups is 1. The molecule has 2 atom stereocenters. The van der Waals surface area contributed by atoms with Crippen LogP contribution < -0.4 is 4.72 Å². The van der Waals surface area contributed by atoms with Crippen molar-refractivity contribution >= 4 is 15.9 Å². The summed E-state index contributed by atoms with van der Waals surface area (Å²) in [6.45, 7) is 6.73. The number of nitrogens with one attached hydrogen (secondary N) is 1. The van der Waals surface area contributed by atoms with Crippen molar-refractivity contribution in [3.8, 4) is 0 Å². The Morgan fingerprint density at radius 2 is 2.00 bits per heavy atom. The van der Waals surface area contributed by atoms with Crippen molar-refractivity contribution in [1.29, 1.82) is 0 Å². The molecule has 1 aliphatic rings. The summed E-state index contributed by atoms with van der Waals surface area (Å²) in [5.41, 5.74) is -0.486. The molecule has 0 aromatic heterocycles. The van der Waals surface area contributed by atoms with Crippen LogP contribution in [0.2, 0.25) is 0 Å². The summed E-state index contributed by atoms with van der Waals surface area (Å²) >= 11 is 0. The standard InChI is InChI=1S/C13H26N2O4S/c1-13(2,3)11(14-20(5,17)18)12(16)15-8-6-7-10(9-15)19-4/h10-11,14H,6-9H2,1-5H3/t10-,11-/m0/s1. The van der Waals surface area contributed by atoms with E-state index in [2.05, 4.69) is 4.72 Å². The van der Waals surface area contributed by atoms with Crippen LogP contribution in [0.15, 0.2) is 0 Å². The van der Waals surface area contributed by atoms with Gasteiger partial charge in [0.05, 0.1) is 12.4 Å². The van der Waals surface area contributed by atoms with Crippen molar-refractivity contribution in [2.45, 2.75) is 45.8 Å². The van der Waals surface area contributed by atoms with Gasteiger partial charge in [-0.1, -0.05) is 20.8 Å². The molecular weight excluding hydrogens is 280 g/mol. The highest BCUT2D eigenvalue weighted by atomic mass is 32.2. The van der Waals surface area contributed by atoms with Gasteiger partial charge in [0.2, 0.25) is 15.9 Å². The number of rotatable bonds is 4. The molecule has 20 heavy (non-hydrogen) atoms. The summed E-state index contributed by atoms with van der Waals surface area (Å²) in [4.78, 5) is 14.3. The monoisotopic (exact) mass is 306 g/mol. The lowest BCUT2D eigenvalue weighted by Crippen LogP contribution is -2.56. The van der Waals surface area contributed by atoms with E-state index in [4.69, 9.17) is 4.74 Å². The van der Waals surface area contributed by atoms with Crippen LogP contribution >= 0.6 is 0 Å². The fourth-order valence-electron chi connectivity index (χ4n) is 2.33. The number of amides is 1. The van der Waals surface area contributed by atoms with Gasteiger partial charge in [-0.2, -0.15) is 0 Å². The zero-order valence-corrected chi connectivity index (χ0v) is 13.8. The van der Waals surface area contributed by atoms with E-state index in [0.29, 0.717) is 13.1 Å². The Hall–Kier alpha value is -0.660. The lowest BCUT2D eigenvalue weighted by Gasteiger charge is -2.38. The van der Waals surface area contributed by atoms with Gasteiger partial charge in [0, 0.05) is 20.2 Å². The molecule has 1 rings (SSSR count). The van der Waals surface area contributed by atoms with Gasteiger partial charge >= 0.3 is 0 Å². The predicted molar refractivity (Wildman–Crippen MR) is 77.8 cm³/mol. The van der Waals surface area contributed by atoms with Crippen LogP contribution in [0.4, 0.5) is 0 Å². The van der Waals surface area contributed by atoms with Gasteiger partial charge in [0.1, 0.15) is 6.04 Å². The molecule has 0 aliphatic carbocycles. The Balaban J connectivity index is 2.88. The van der Waals surface area contributed by atoms with E-state index < -0.39 is 21.5 Å². The van der Waals surface area contributed by atoms with Crippen molar-refractivity contribution in [2.75, 3.05) is 26.5 Å². The maximum Gasteiger partial charge on any atom is 0.241 e. The molecule has 1 aliphatic heterocycles. The quantitative estimate of drug-likeness (QED) is 0.825. The molecule has 0 aromatic rings. The number of hydrogen-bond acceptors (Lipinski definition) is 4. The molecule has 0 radical (unpaired) electrons. The molecular formula is C13H26N2O4S. The highest BCUT2D eigenvalue weighted by Gasteiger charge is 2.37. The summed E-state index contributed by atoms with van der Waals surface area (Å²) in [5.74, 6) is -0.176. The summed E-state index contributed by atoms with van der Waals surface area (Å²) in [5, 5.41) is 0. The molecule has 0 saturated carbocycles. The highest BCUT2D eigenvalue weighted by Crippen LogP contribution is 2.23. The zero-order valence-electron chi connectivity index (χ0n) is 13.0. The van der Waals surface area contributed by atoms with Crippen molar-refractivity contribution < 1.29 is 17.9 Å². The minimum Gasteiger partial charge on any atom is -0.380 e. The molecule has 118 valence electrons. The maximum absolute atomic E-state index is 12.6. The van der Waals surface area contributed by atoms with Crippen molar-refractivity contribution in [3.05, 3.63) is 0 Å². The first-order valence-corrected chi connectivity index (χ1v) is 8.72. The van der Waals surface area contributed by atoms with Crippen LogP contribution in [-0.2, 0) is 19.6 Å². The number of hydrogen-bond donors (Lipinski definition) is 1. The van der Waals surface area contributed by atoms with Gasteiger partial charge in [-0.3, -0.25) is 4.79 Å². The van der Waals surface area contributed by atoms with E-state index in [0.717, 1.165) is 19.1 Å². The second-order valence-corrected chi connectivity index (χ2v) is 8.25. The molecule has 6 nitrogen and oxygen atoms in total. The van der Waals surface area contributed by atoms with Crippen LogP contribution in [0, 0.1) is 5.41 Å². The molecule has 1 amide bonds. The topological polar surface area (TPSA) is 75.7 Å². The molecule has 1 N–H and O–H groups in total. The van der Waals surface area contributed by atoms with Crippen LogP contribution in [0.1, 0.15) is 33.6 Å².